The number of alkyl halides is 1. The van der Waals surface area contributed by atoms with Crippen LogP contribution in [0.15, 0.2) is 46.2 Å². The maximum absolute atomic E-state index is 13.1. The molecule has 0 bridgehead atoms. The summed E-state index contributed by atoms with van der Waals surface area (Å²) < 4.78 is 43.1. The van der Waals surface area contributed by atoms with Crippen molar-refractivity contribution < 1.29 is 22.6 Å². The Morgan fingerprint density at radius 3 is 2.12 bits per heavy atom. The van der Waals surface area contributed by atoms with Crippen molar-refractivity contribution in [1.29, 1.82) is 0 Å². The molecule has 3 rings (SSSR count). The molecule has 34 heavy (non-hydrogen) atoms. The first-order valence-electron chi connectivity index (χ1n) is 11.2. The Morgan fingerprint density at radius 2 is 1.53 bits per heavy atom. The van der Waals surface area contributed by atoms with E-state index in [1.807, 2.05) is 6.92 Å². The summed E-state index contributed by atoms with van der Waals surface area (Å²) in [6.07, 6.45) is 0. The summed E-state index contributed by atoms with van der Waals surface area (Å²) in [6, 6.07) is 9.05. The predicted molar refractivity (Wildman–Crippen MR) is 136 cm³/mol. The summed E-state index contributed by atoms with van der Waals surface area (Å²) in [5.41, 5.74) is 0. The fourth-order valence-corrected chi connectivity index (χ4v) is 5.59. The third kappa shape index (κ3) is 7.39. The molecule has 2 atom stereocenters. The van der Waals surface area contributed by atoms with Gasteiger partial charge in [-0.05, 0) is 36.4 Å². The van der Waals surface area contributed by atoms with Crippen LogP contribution in [-0.2, 0) is 14.6 Å². The molecule has 1 aliphatic rings. The van der Waals surface area contributed by atoms with Gasteiger partial charge in [0.1, 0.15) is 5.75 Å². The van der Waals surface area contributed by atoms with Crippen LogP contribution in [0.3, 0.4) is 0 Å². The molecule has 0 aromatic heterocycles. The van der Waals surface area contributed by atoms with E-state index in [0.29, 0.717) is 30.8 Å². The van der Waals surface area contributed by atoms with Crippen LogP contribution in [0, 0.1) is 11.8 Å². The summed E-state index contributed by atoms with van der Waals surface area (Å²) in [5.74, 6) is 1.71. The molecule has 2 aromatic carbocycles. The van der Waals surface area contributed by atoms with Crippen molar-refractivity contribution in [2.24, 2.45) is 11.8 Å². The van der Waals surface area contributed by atoms with Crippen molar-refractivity contribution in [3.05, 3.63) is 46.4 Å². The number of hydrogen-bond donors (Lipinski definition) is 0. The number of nitrogens with zero attached hydrogens (tertiary/aromatic N) is 1. The van der Waals surface area contributed by atoms with E-state index in [1.54, 1.807) is 12.1 Å². The maximum Gasteiger partial charge on any atom is 0.206 e. The summed E-state index contributed by atoms with van der Waals surface area (Å²) in [7, 11) is -3.82. The van der Waals surface area contributed by atoms with E-state index in [0.717, 1.165) is 32.8 Å². The van der Waals surface area contributed by atoms with Gasteiger partial charge in [-0.15, -0.1) is 11.6 Å². The Hall–Kier alpha value is -1.22. The standard InChI is InChI=1S/C24H30Cl3NO5S/c1-17(13-25)15-33-24-22(26)11-21(12-23(24)27)34(29,30)20-5-3-19(4-6-20)32-16-18(2)14-28-7-9-31-10-8-28/h3-6,11-12,17-18H,7-10,13-16H2,1-2H3/t17-,18-/m0/s1. The summed E-state index contributed by atoms with van der Waals surface area (Å²) in [4.78, 5) is 2.48. The molecule has 1 fully saturated rings. The molecule has 0 radical (unpaired) electrons. The molecular weight excluding hydrogens is 521 g/mol. The third-order valence-corrected chi connectivity index (χ3v) is 8.24. The number of ether oxygens (including phenoxy) is 3. The molecule has 10 heteroatoms. The summed E-state index contributed by atoms with van der Waals surface area (Å²) in [5, 5.41) is 0.254. The Labute approximate surface area is 216 Å². The van der Waals surface area contributed by atoms with E-state index in [-0.39, 0.29) is 31.5 Å². The van der Waals surface area contributed by atoms with Crippen LogP contribution in [0.5, 0.6) is 11.5 Å². The van der Waals surface area contributed by atoms with Gasteiger partial charge in [0.2, 0.25) is 9.84 Å². The first-order valence-corrected chi connectivity index (χ1v) is 13.9. The van der Waals surface area contributed by atoms with E-state index >= 15 is 0 Å². The molecule has 0 amide bonds. The van der Waals surface area contributed by atoms with Gasteiger partial charge in [-0.1, -0.05) is 37.0 Å². The number of sulfone groups is 1. The molecule has 0 aliphatic carbocycles. The van der Waals surface area contributed by atoms with Crippen molar-refractivity contribution in [2.45, 2.75) is 23.6 Å². The Balaban J connectivity index is 1.63. The second kappa shape index (κ2) is 12.7. The van der Waals surface area contributed by atoms with Gasteiger partial charge in [-0.25, -0.2) is 8.42 Å². The van der Waals surface area contributed by atoms with Gasteiger partial charge in [-0.2, -0.15) is 0 Å². The van der Waals surface area contributed by atoms with Crippen molar-refractivity contribution >= 4 is 44.6 Å². The average Bonchev–Trinajstić information content (AvgIpc) is 2.82. The van der Waals surface area contributed by atoms with Gasteiger partial charge in [0.15, 0.2) is 5.75 Å². The highest BCUT2D eigenvalue weighted by atomic mass is 35.5. The fourth-order valence-electron chi connectivity index (χ4n) is 3.47. The van der Waals surface area contributed by atoms with Crippen LogP contribution in [0.1, 0.15) is 13.8 Å². The lowest BCUT2D eigenvalue weighted by Gasteiger charge is -2.29. The van der Waals surface area contributed by atoms with Crippen molar-refractivity contribution in [1.82, 2.24) is 4.90 Å². The molecule has 1 saturated heterocycles. The van der Waals surface area contributed by atoms with Crippen LogP contribution < -0.4 is 9.47 Å². The molecule has 1 aliphatic heterocycles. The zero-order chi connectivity index (χ0) is 24.7. The summed E-state index contributed by atoms with van der Waals surface area (Å²) >= 11 is 18.4. The quantitative estimate of drug-likeness (QED) is 0.348. The van der Waals surface area contributed by atoms with Crippen molar-refractivity contribution in [3.63, 3.8) is 0 Å². The molecule has 6 nitrogen and oxygen atoms in total. The predicted octanol–water partition coefficient (Wildman–Crippen LogP) is 5.43. The molecule has 0 spiro atoms. The molecule has 2 aromatic rings. The number of benzene rings is 2. The van der Waals surface area contributed by atoms with Gasteiger partial charge >= 0.3 is 0 Å². The minimum absolute atomic E-state index is 0.00644. The second-order valence-corrected chi connectivity index (χ2v) is 11.7. The van der Waals surface area contributed by atoms with Gasteiger partial charge in [0.25, 0.3) is 0 Å². The largest absolute Gasteiger partial charge is 0.493 e. The Bertz CT molecular complexity index is 1020. The lowest BCUT2D eigenvalue weighted by atomic mass is 10.2. The lowest BCUT2D eigenvalue weighted by Crippen LogP contribution is -2.39. The monoisotopic (exact) mass is 549 g/mol. The molecular formula is C24H30Cl3NO5S. The number of morpholine rings is 1. The molecule has 188 valence electrons. The minimum atomic E-state index is -3.82. The van der Waals surface area contributed by atoms with E-state index in [2.05, 4.69) is 11.8 Å². The van der Waals surface area contributed by atoms with Crippen LogP contribution in [-0.4, -0.2) is 65.3 Å². The van der Waals surface area contributed by atoms with Crippen LogP contribution in [0.25, 0.3) is 0 Å². The number of rotatable bonds is 11. The van der Waals surface area contributed by atoms with Crippen LogP contribution in [0.4, 0.5) is 0 Å². The number of hydrogen-bond acceptors (Lipinski definition) is 6. The topological polar surface area (TPSA) is 65.1 Å². The summed E-state index contributed by atoms with van der Waals surface area (Å²) in [6.45, 7) is 9.25. The number of halogens is 3. The van der Waals surface area contributed by atoms with Gasteiger partial charge in [0.05, 0.1) is 46.3 Å². The minimum Gasteiger partial charge on any atom is -0.493 e. The highest BCUT2D eigenvalue weighted by molar-refractivity contribution is 7.91. The van der Waals surface area contributed by atoms with E-state index in [1.165, 1.54) is 24.3 Å². The SMILES string of the molecule is C[C@H](COc1ccc(S(=O)(=O)c2cc(Cl)c(OC[C@@H](C)CCl)c(Cl)c2)cc1)CN1CCOCC1. The first-order chi connectivity index (χ1) is 16.2. The van der Waals surface area contributed by atoms with Gasteiger partial charge < -0.3 is 14.2 Å². The van der Waals surface area contributed by atoms with Gasteiger partial charge in [0, 0.05) is 37.4 Å². The Morgan fingerprint density at radius 1 is 0.941 bits per heavy atom. The third-order valence-electron chi connectivity index (χ3n) is 5.40. The van der Waals surface area contributed by atoms with Gasteiger partial charge in [-0.3, -0.25) is 4.90 Å². The van der Waals surface area contributed by atoms with E-state index < -0.39 is 9.84 Å². The van der Waals surface area contributed by atoms with Crippen LogP contribution >= 0.6 is 34.8 Å². The van der Waals surface area contributed by atoms with Crippen molar-refractivity contribution in [2.75, 3.05) is 51.9 Å². The molecule has 0 saturated carbocycles. The van der Waals surface area contributed by atoms with E-state index in [4.69, 9.17) is 49.0 Å². The molecule has 1 heterocycles. The van der Waals surface area contributed by atoms with Crippen molar-refractivity contribution in [3.8, 4) is 11.5 Å². The average molecular weight is 551 g/mol. The fraction of sp³-hybridized carbons (Fsp3) is 0.500. The first kappa shape index (κ1) is 27.4. The highest BCUT2D eigenvalue weighted by Gasteiger charge is 2.22. The smallest absolute Gasteiger partial charge is 0.206 e. The van der Waals surface area contributed by atoms with Crippen LogP contribution in [0.2, 0.25) is 10.0 Å². The zero-order valence-electron chi connectivity index (χ0n) is 19.3. The zero-order valence-corrected chi connectivity index (χ0v) is 22.4. The lowest BCUT2D eigenvalue weighted by molar-refractivity contribution is 0.0283. The maximum atomic E-state index is 13.1. The second-order valence-electron chi connectivity index (χ2n) is 8.59. The Kier molecular flexibility index (Phi) is 10.2. The highest BCUT2D eigenvalue weighted by Crippen LogP contribution is 2.37. The van der Waals surface area contributed by atoms with E-state index in [9.17, 15) is 8.42 Å². The molecule has 0 unspecified atom stereocenters. The molecule has 0 N–H and O–H groups in total. The normalized spacial score (nSPS) is 16.7.